The van der Waals surface area contributed by atoms with Gasteiger partial charge in [-0.1, -0.05) is 12.1 Å². The third kappa shape index (κ3) is 6.76. The highest BCUT2D eigenvalue weighted by Gasteiger charge is 2.36. The van der Waals surface area contributed by atoms with E-state index < -0.39 is 18.1 Å². The number of anilines is 1. The number of amides is 1. The number of thioether (sulfide) groups is 1. The molecule has 9 nitrogen and oxygen atoms in total. The lowest BCUT2D eigenvalue weighted by Crippen LogP contribution is -2.26. The molecule has 2 aromatic heterocycles. The van der Waals surface area contributed by atoms with Crippen LogP contribution in [0.25, 0.3) is 5.65 Å². The molecule has 2 aliphatic rings. The fraction of sp³-hybridized carbons (Fsp3) is 0.364. The van der Waals surface area contributed by atoms with Gasteiger partial charge in [-0.05, 0) is 79.7 Å². The second-order valence-corrected chi connectivity index (χ2v) is 12.1. The highest BCUT2D eigenvalue weighted by molar-refractivity contribution is 7.98. The number of halogens is 2. The van der Waals surface area contributed by atoms with E-state index in [-0.39, 0.29) is 36.4 Å². The molecule has 6 rings (SSSR count). The Morgan fingerprint density at radius 1 is 1.16 bits per heavy atom. The molecule has 0 spiro atoms. The first-order valence-corrected chi connectivity index (χ1v) is 16.2. The Bertz CT molecular complexity index is 1750. The molecule has 2 aliphatic heterocycles. The smallest absolute Gasteiger partial charge is 0.338 e. The predicted molar refractivity (Wildman–Crippen MR) is 169 cm³/mol. The SMILES string of the molecule is CCOC(=O)c1cccc(CN2CCC(/C=N/C(=O)c3cnc4ccc(N5C[C@@H](F)C[C@@H]5c5cc(F)ccc5SC)nn34)C2)c1. The molecule has 1 unspecified atom stereocenters. The van der Waals surface area contributed by atoms with Gasteiger partial charge in [0.1, 0.15) is 17.8 Å². The van der Waals surface area contributed by atoms with Gasteiger partial charge in [0.2, 0.25) is 0 Å². The maximum absolute atomic E-state index is 14.8. The van der Waals surface area contributed by atoms with Gasteiger partial charge in [0.25, 0.3) is 5.91 Å². The number of fused-ring (bicyclic) bond motifs is 1. The highest BCUT2D eigenvalue weighted by Crippen LogP contribution is 2.40. The average Bonchev–Trinajstić information content (AvgIpc) is 3.78. The summed E-state index contributed by atoms with van der Waals surface area (Å²) in [6, 6.07) is 15.1. The fourth-order valence-electron chi connectivity index (χ4n) is 6.10. The molecule has 4 heterocycles. The van der Waals surface area contributed by atoms with E-state index in [0.29, 0.717) is 35.7 Å². The number of hydrogen-bond acceptors (Lipinski definition) is 8. The van der Waals surface area contributed by atoms with E-state index in [9.17, 15) is 18.4 Å². The molecular weight excluding hydrogens is 598 g/mol. The number of ether oxygens (including phenoxy) is 1. The van der Waals surface area contributed by atoms with Crippen LogP contribution < -0.4 is 4.90 Å². The van der Waals surface area contributed by atoms with E-state index in [1.807, 2.05) is 29.4 Å². The van der Waals surface area contributed by atoms with Crippen LogP contribution in [0.15, 0.2) is 70.7 Å². The van der Waals surface area contributed by atoms with Gasteiger partial charge in [-0.3, -0.25) is 9.69 Å². The van der Waals surface area contributed by atoms with E-state index in [2.05, 4.69) is 20.0 Å². The van der Waals surface area contributed by atoms with Crippen LogP contribution >= 0.6 is 11.8 Å². The first-order valence-electron chi connectivity index (χ1n) is 15.0. The van der Waals surface area contributed by atoms with E-state index in [1.54, 1.807) is 37.4 Å². The number of carbonyl (C=O) groups is 2. The molecule has 4 aromatic rings. The molecule has 0 saturated carbocycles. The molecular formula is C33H34F2N6O3S. The van der Waals surface area contributed by atoms with E-state index >= 15 is 0 Å². The summed E-state index contributed by atoms with van der Waals surface area (Å²) in [5.41, 5.74) is 2.94. The van der Waals surface area contributed by atoms with Crippen LogP contribution in [0.5, 0.6) is 0 Å². The van der Waals surface area contributed by atoms with Crippen molar-refractivity contribution in [3.63, 3.8) is 0 Å². The molecule has 12 heteroatoms. The van der Waals surface area contributed by atoms with Crippen molar-refractivity contribution in [3.8, 4) is 0 Å². The van der Waals surface area contributed by atoms with Crippen LogP contribution in [-0.2, 0) is 11.3 Å². The first-order chi connectivity index (χ1) is 21.8. The largest absolute Gasteiger partial charge is 0.462 e. The first kappa shape index (κ1) is 30.8. The number of benzene rings is 2. The van der Waals surface area contributed by atoms with Crippen molar-refractivity contribution in [2.75, 3.05) is 37.4 Å². The van der Waals surface area contributed by atoms with Crippen molar-refractivity contribution in [2.45, 2.75) is 43.4 Å². The number of rotatable bonds is 9. The molecule has 2 saturated heterocycles. The monoisotopic (exact) mass is 632 g/mol. The van der Waals surface area contributed by atoms with E-state index in [4.69, 9.17) is 4.74 Å². The summed E-state index contributed by atoms with van der Waals surface area (Å²) in [6.07, 6.45) is 5.01. The van der Waals surface area contributed by atoms with Gasteiger partial charge in [0.15, 0.2) is 11.3 Å². The number of aromatic nitrogens is 3. The van der Waals surface area contributed by atoms with Gasteiger partial charge in [-0.25, -0.2) is 28.1 Å². The number of hydrogen-bond donors (Lipinski definition) is 0. The standard InChI is InChI=1S/C33H34F2N6O3S/c1-3-44-33(43)23-6-4-5-21(13-23)18-39-12-11-22(19-39)16-37-32(42)28-17-36-30-9-10-31(38-41(28)30)40-20-25(35)15-27(40)26-14-24(34)7-8-29(26)45-2/h4-10,13-14,16-17,22,25,27H,3,11-12,15,18-20H2,1-2H3/b37-16+/t22?,25-,27+/m0/s1. The second kappa shape index (κ2) is 13.5. The summed E-state index contributed by atoms with van der Waals surface area (Å²) in [5, 5.41) is 4.67. The lowest BCUT2D eigenvalue weighted by molar-refractivity contribution is 0.0526. The molecule has 0 aliphatic carbocycles. The minimum Gasteiger partial charge on any atom is -0.462 e. The molecule has 234 valence electrons. The second-order valence-electron chi connectivity index (χ2n) is 11.3. The van der Waals surface area contributed by atoms with Gasteiger partial charge in [-0.2, -0.15) is 0 Å². The average molecular weight is 633 g/mol. The molecule has 0 bridgehead atoms. The number of aliphatic imine (C=N–C) groups is 1. The van der Waals surface area contributed by atoms with Crippen molar-refractivity contribution < 1.29 is 23.1 Å². The normalized spacial score (nSPS) is 20.4. The van der Waals surface area contributed by atoms with Gasteiger partial charge in [0.05, 0.1) is 31.0 Å². The highest BCUT2D eigenvalue weighted by atomic mass is 32.2. The summed E-state index contributed by atoms with van der Waals surface area (Å²) < 4.78 is 35.6. The van der Waals surface area contributed by atoms with E-state index in [0.717, 1.165) is 30.0 Å². The Morgan fingerprint density at radius 2 is 2.02 bits per heavy atom. The number of carbonyl (C=O) groups excluding carboxylic acids is 2. The molecule has 2 aromatic carbocycles. The molecule has 45 heavy (non-hydrogen) atoms. The Hall–Kier alpha value is -4.16. The maximum Gasteiger partial charge on any atom is 0.338 e. The summed E-state index contributed by atoms with van der Waals surface area (Å²) in [4.78, 5) is 38.9. The minimum atomic E-state index is -1.11. The maximum atomic E-state index is 14.8. The van der Waals surface area contributed by atoms with Crippen LogP contribution in [-0.4, -0.2) is 76.3 Å². The molecule has 2 fully saturated rings. The lowest BCUT2D eigenvalue weighted by Gasteiger charge is -2.27. The number of likely N-dealkylation sites (tertiary alicyclic amines) is 1. The summed E-state index contributed by atoms with van der Waals surface area (Å²) in [5.74, 6) is -0.611. The third-order valence-electron chi connectivity index (χ3n) is 8.22. The fourth-order valence-corrected chi connectivity index (χ4v) is 6.73. The Balaban J connectivity index is 1.15. The molecule has 1 amide bonds. The van der Waals surface area contributed by atoms with Crippen molar-refractivity contribution in [1.29, 1.82) is 0 Å². The number of alkyl halides is 1. The zero-order chi connectivity index (χ0) is 31.5. The van der Waals surface area contributed by atoms with Crippen LogP contribution in [0, 0.1) is 11.7 Å². The number of imidazole rings is 1. The van der Waals surface area contributed by atoms with Crippen molar-refractivity contribution in [1.82, 2.24) is 19.5 Å². The van der Waals surface area contributed by atoms with Crippen molar-refractivity contribution in [2.24, 2.45) is 10.9 Å². The Morgan fingerprint density at radius 3 is 2.84 bits per heavy atom. The van der Waals surface area contributed by atoms with Gasteiger partial charge in [0, 0.05) is 36.5 Å². The molecule has 0 radical (unpaired) electrons. The molecule has 0 N–H and O–H groups in total. The lowest BCUT2D eigenvalue weighted by atomic mass is 10.0. The zero-order valence-electron chi connectivity index (χ0n) is 25.1. The van der Waals surface area contributed by atoms with Gasteiger partial charge < -0.3 is 9.64 Å². The summed E-state index contributed by atoms with van der Waals surface area (Å²) >= 11 is 1.49. The predicted octanol–water partition coefficient (Wildman–Crippen LogP) is 5.79. The van der Waals surface area contributed by atoms with Crippen LogP contribution in [0.1, 0.15) is 57.8 Å². The van der Waals surface area contributed by atoms with E-state index in [1.165, 1.54) is 34.6 Å². The van der Waals surface area contributed by atoms with Crippen molar-refractivity contribution >= 4 is 41.3 Å². The molecule has 3 atom stereocenters. The Kier molecular flexibility index (Phi) is 9.22. The zero-order valence-corrected chi connectivity index (χ0v) is 25.9. The van der Waals surface area contributed by atoms with Gasteiger partial charge in [-0.15, -0.1) is 16.9 Å². The minimum absolute atomic E-state index is 0.0913. The number of nitrogens with zero attached hydrogens (tertiary/aromatic N) is 6. The topological polar surface area (TPSA) is 92.4 Å². The van der Waals surface area contributed by atoms with Crippen LogP contribution in [0.3, 0.4) is 0 Å². The van der Waals surface area contributed by atoms with Gasteiger partial charge >= 0.3 is 5.97 Å². The quantitative estimate of drug-likeness (QED) is 0.130. The summed E-state index contributed by atoms with van der Waals surface area (Å²) in [7, 11) is 0. The van der Waals surface area contributed by atoms with Crippen LogP contribution in [0.4, 0.5) is 14.6 Å². The Labute approximate surface area is 264 Å². The number of esters is 1. The third-order valence-corrected chi connectivity index (χ3v) is 9.03. The van der Waals surface area contributed by atoms with Crippen LogP contribution in [0.2, 0.25) is 0 Å². The summed E-state index contributed by atoms with van der Waals surface area (Å²) in [6.45, 7) is 4.46. The van der Waals surface area contributed by atoms with Crippen molar-refractivity contribution in [3.05, 3.63) is 89.0 Å².